The number of aryl methyl sites for hydroxylation is 1. The van der Waals surface area contributed by atoms with Crippen molar-refractivity contribution in [3.63, 3.8) is 0 Å². The molecule has 1 N–H and O–H groups in total. The number of rotatable bonds is 4. The predicted molar refractivity (Wildman–Crippen MR) is 89.6 cm³/mol. The van der Waals surface area contributed by atoms with Crippen molar-refractivity contribution in [2.75, 3.05) is 13.1 Å². The van der Waals surface area contributed by atoms with Crippen LogP contribution in [0.5, 0.6) is 0 Å². The average Bonchev–Trinajstić information content (AvgIpc) is 3.06. The summed E-state index contributed by atoms with van der Waals surface area (Å²) < 4.78 is 1.18. The number of carbonyl (C=O) groups excluding carboxylic acids is 1. The molecular formula is C18H21N3O3. The van der Waals surface area contributed by atoms with E-state index in [9.17, 15) is 9.59 Å². The number of likely N-dealkylation sites (tertiary alicyclic amines) is 1. The van der Waals surface area contributed by atoms with Gasteiger partial charge in [0.15, 0.2) is 0 Å². The summed E-state index contributed by atoms with van der Waals surface area (Å²) >= 11 is 0. The van der Waals surface area contributed by atoms with Gasteiger partial charge in [-0.2, -0.15) is 5.10 Å². The third-order valence-corrected chi connectivity index (χ3v) is 4.48. The van der Waals surface area contributed by atoms with Crippen LogP contribution in [0, 0.1) is 5.92 Å². The summed E-state index contributed by atoms with van der Waals surface area (Å²) in [4.78, 5) is 25.7. The molecule has 1 aliphatic rings. The lowest BCUT2D eigenvalue weighted by atomic mass is 9.98. The lowest BCUT2D eigenvalue weighted by Gasteiger charge is -2.16. The van der Waals surface area contributed by atoms with E-state index in [0.717, 1.165) is 18.4 Å². The van der Waals surface area contributed by atoms with Crippen LogP contribution in [-0.2, 0) is 20.1 Å². The monoisotopic (exact) mass is 327 g/mol. The van der Waals surface area contributed by atoms with Crippen LogP contribution in [0.2, 0.25) is 0 Å². The van der Waals surface area contributed by atoms with Crippen LogP contribution in [0.25, 0.3) is 0 Å². The third-order valence-electron chi connectivity index (χ3n) is 4.48. The van der Waals surface area contributed by atoms with E-state index in [-0.39, 0.29) is 18.1 Å². The number of hydrogen-bond donors (Lipinski definition) is 1. The molecule has 3 rings (SSSR count). The Morgan fingerprint density at radius 2 is 1.92 bits per heavy atom. The number of nitrogens with zero attached hydrogens (tertiary/aromatic N) is 3. The summed E-state index contributed by atoms with van der Waals surface area (Å²) in [5, 5.41) is 13.1. The molecule has 0 radical (unpaired) electrons. The lowest BCUT2D eigenvalue weighted by Crippen LogP contribution is -2.32. The Labute approximate surface area is 140 Å². The molecule has 2 heterocycles. The Hall–Kier alpha value is -2.47. The number of aromatic nitrogens is 2. The molecule has 1 amide bonds. The van der Waals surface area contributed by atoms with E-state index in [2.05, 4.69) is 5.10 Å². The van der Waals surface area contributed by atoms with Crippen molar-refractivity contribution in [3.05, 3.63) is 63.6 Å². The van der Waals surface area contributed by atoms with E-state index < -0.39 is 0 Å². The molecule has 2 aromatic rings. The van der Waals surface area contributed by atoms with E-state index >= 15 is 0 Å². The first kappa shape index (κ1) is 16.4. The first-order valence-electron chi connectivity index (χ1n) is 8.09. The number of hydrogen-bond acceptors (Lipinski definition) is 4. The van der Waals surface area contributed by atoms with Gasteiger partial charge in [0.05, 0.1) is 6.61 Å². The highest BCUT2D eigenvalue weighted by Gasteiger charge is 2.27. The first-order valence-corrected chi connectivity index (χ1v) is 8.09. The standard InChI is InChI=1S/C18H21N3O3/c1-20-17(23)7-6-16(19-20)18(24)21-9-8-15(11-21)10-13-2-4-14(12-22)5-3-13/h2-7,15,22H,8-12H2,1H3/t15-/m1/s1. The molecule has 126 valence electrons. The van der Waals surface area contributed by atoms with Crippen LogP contribution < -0.4 is 5.56 Å². The second kappa shape index (κ2) is 6.97. The molecule has 1 saturated heterocycles. The maximum absolute atomic E-state index is 12.5. The molecule has 0 saturated carbocycles. The summed E-state index contributed by atoms with van der Waals surface area (Å²) in [6, 6.07) is 10.8. The molecule has 1 aromatic heterocycles. The Bertz CT molecular complexity index is 783. The highest BCUT2D eigenvalue weighted by atomic mass is 16.3. The van der Waals surface area contributed by atoms with E-state index in [1.165, 1.54) is 22.4 Å². The van der Waals surface area contributed by atoms with Crippen molar-refractivity contribution < 1.29 is 9.90 Å². The normalized spacial score (nSPS) is 17.2. The SMILES string of the molecule is Cn1nc(C(=O)N2CC[C@H](Cc3ccc(CO)cc3)C2)ccc1=O. The highest BCUT2D eigenvalue weighted by molar-refractivity contribution is 5.92. The summed E-state index contributed by atoms with van der Waals surface area (Å²) in [5.74, 6) is 0.296. The van der Waals surface area contributed by atoms with Crippen molar-refractivity contribution in [2.45, 2.75) is 19.4 Å². The lowest BCUT2D eigenvalue weighted by molar-refractivity contribution is 0.0778. The van der Waals surface area contributed by atoms with Gasteiger partial charge in [-0.25, -0.2) is 4.68 Å². The summed E-state index contributed by atoms with van der Waals surface area (Å²) in [6.07, 6.45) is 1.87. The van der Waals surface area contributed by atoms with Crippen LogP contribution in [-0.4, -0.2) is 38.8 Å². The van der Waals surface area contributed by atoms with Gasteiger partial charge < -0.3 is 10.0 Å². The smallest absolute Gasteiger partial charge is 0.274 e. The van der Waals surface area contributed by atoms with Crippen molar-refractivity contribution in [1.29, 1.82) is 0 Å². The average molecular weight is 327 g/mol. The fourth-order valence-electron chi connectivity index (χ4n) is 3.08. The number of amides is 1. The van der Waals surface area contributed by atoms with Crippen LogP contribution >= 0.6 is 0 Å². The number of benzene rings is 1. The highest BCUT2D eigenvalue weighted by Crippen LogP contribution is 2.22. The molecule has 24 heavy (non-hydrogen) atoms. The zero-order valence-electron chi connectivity index (χ0n) is 13.7. The Morgan fingerprint density at radius 1 is 1.21 bits per heavy atom. The van der Waals surface area contributed by atoms with Gasteiger partial charge in [0, 0.05) is 26.2 Å². The van der Waals surface area contributed by atoms with Crippen LogP contribution in [0.4, 0.5) is 0 Å². The predicted octanol–water partition coefficient (Wildman–Crippen LogP) is 0.977. The van der Waals surface area contributed by atoms with Crippen molar-refractivity contribution >= 4 is 5.91 Å². The number of aliphatic hydroxyl groups excluding tert-OH is 1. The minimum atomic E-state index is -0.225. The fourth-order valence-corrected chi connectivity index (χ4v) is 3.08. The molecule has 0 aliphatic carbocycles. The molecule has 1 fully saturated rings. The topological polar surface area (TPSA) is 75.4 Å². The molecular weight excluding hydrogens is 306 g/mol. The van der Waals surface area contributed by atoms with Crippen LogP contribution in [0.15, 0.2) is 41.2 Å². The van der Waals surface area contributed by atoms with Gasteiger partial charge in [0.2, 0.25) is 0 Å². The van der Waals surface area contributed by atoms with Gasteiger partial charge in [-0.1, -0.05) is 24.3 Å². The second-order valence-corrected chi connectivity index (χ2v) is 6.27. The molecule has 0 unspecified atom stereocenters. The summed E-state index contributed by atoms with van der Waals surface area (Å²) in [7, 11) is 1.54. The molecule has 6 nitrogen and oxygen atoms in total. The quantitative estimate of drug-likeness (QED) is 0.908. The minimum Gasteiger partial charge on any atom is -0.392 e. The van der Waals surface area contributed by atoms with E-state index in [0.29, 0.717) is 24.7 Å². The molecule has 0 bridgehead atoms. The van der Waals surface area contributed by atoms with E-state index in [4.69, 9.17) is 5.11 Å². The third kappa shape index (κ3) is 3.54. The van der Waals surface area contributed by atoms with Gasteiger partial charge in [0.1, 0.15) is 5.69 Å². The fraction of sp³-hybridized carbons (Fsp3) is 0.389. The maximum atomic E-state index is 12.5. The van der Waals surface area contributed by atoms with Crippen molar-refractivity contribution in [1.82, 2.24) is 14.7 Å². The second-order valence-electron chi connectivity index (χ2n) is 6.27. The van der Waals surface area contributed by atoms with Crippen molar-refractivity contribution in [3.8, 4) is 0 Å². The zero-order chi connectivity index (χ0) is 17.1. The Kier molecular flexibility index (Phi) is 4.76. The first-order chi connectivity index (χ1) is 11.6. The summed E-state index contributed by atoms with van der Waals surface area (Å²) in [6.45, 7) is 1.46. The van der Waals surface area contributed by atoms with E-state index in [1.54, 1.807) is 11.9 Å². The zero-order valence-corrected chi connectivity index (χ0v) is 13.7. The van der Waals surface area contributed by atoms with Gasteiger partial charge >= 0.3 is 0 Å². The van der Waals surface area contributed by atoms with Gasteiger partial charge in [0.25, 0.3) is 11.5 Å². The van der Waals surface area contributed by atoms with Gasteiger partial charge in [-0.3, -0.25) is 9.59 Å². The van der Waals surface area contributed by atoms with Gasteiger partial charge in [-0.05, 0) is 36.0 Å². The number of aliphatic hydroxyl groups is 1. The van der Waals surface area contributed by atoms with Crippen LogP contribution in [0.1, 0.15) is 28.0 Å². The van der Waals surface area contributed by atoms with E-state index in [1.807, 2.05) is 24.3 Å². The molecule has 1 aliphatic heterocycles. The van der Waals surface area contributed by atoms with Crippen LogP contribution in [0.3, 0.4) is 0 Å². The minimum absolute atomic E-state index is 0.0541. The molecule has 6 heteroatoms. The summed E-state index contributed by atoms with van der Waals surface area (Å²) in [5.41, 5.74) is 2.21. The van der Waals surface area contributed by atoms with Crippen molar-refractivity contribution in [2.24, 2.45) is 13.0 Å². The van der Waals surface area contributed by atoms with Gasteiger partial charge in [-0.15, -0.1) is 0 Å². The number of carbonyl (C=O) groups is 1. The Balaban J connectivity index is 1.62. The molecule has 1 aromatic carbocycles. The molecule has 0 spiro atoms. The maximum Gasteiger partial charge on any atom is 0.274 e. The Morgan fingerprint density at radius 3 is 2.58 bits per heavy atom. The largest absolute Gasteiger partial charge is 0.392 e. The molecule has 1 atom stereocenters.